The molecule has 4 rings (SSSR count). The molecule has 1 saturated carbocycles. The number of aliphatic imine (C=N–C) groups is 1. The molecule has 0 aliphatic heterocycles. The normalized spacial score (nSPS) is 13.1. The SMILES string of the molecule is COc1cnc(C(F)F)cc1-c1cc(-c2ccn(C)c(=O)c2)ncc1C(=O)N=C(N)SC(=N)C#CC1CC1.[HH]. The Kier molecular flexibility index (Phi) is 7.97. The number of carbonyl (C=O) groups excluding carboxylic acids is 1. The predicted octanol–water partition coefficient (Wildman–Crippen LogP) is 4.28. The molecule has 12 heteroatoms. The smallest absolute Gasteiger partial charge is 0.281 e. The van der Waals surface area contributed by atoms with E-state index in [9.17, 15) is 18.4 Å². The summed E-state index contributed by atoms with van der Waals surface area (Å²) in [6.07, 6.45) is 3.06. The van der Waals surface area contributed by atoms with Gasteiger partial charge in [-0.3, -0.25) is 25.0 Å². The minimum absolute atomic E-state index is 0. The van der Waals surface area contributed by atoms with Crippen molar-refractivity contribution < 1.29 is 19.7 Å². The number of nitrogens with zero attached hydrogens (tertiary/aromatic N) is 4. The monoisotopic (exact) mass is 538 g/mol. The molecule has 0 radical (unpaired) electrons. The van der Waals surface area contributed by atoms with Crippen molar-refractivity contribution in [2.75, 3.05) is 7.11 Å². The van der Waals surface area contributed by atoms with Gasteiger partial charge in [0, 0.05) is 49.5 Å². The van der Waals surface area contributed by atoms with Gasteiger partial charge in [-0.15, -0.1) is 0 Å². The predicted molar refractivity (Wildman–Crippen MR) is 144 cm³/mol. The molecule has 3 N–H and O–H groups in total. The number of aromatic nitrogens is 3. The molecule has 3 aromatic heterocycles. The van der Waals surface area contributed by atoms with E-state index in [1.54, 1.807) is 19.3 Å². The Bertz CT molecular complexity index is 1580. The van der Waals surface area contributed by atoms with Crippen LogP contribution in [0.3, 0.4) is 0 Å². The summed E-state index contributed by atoms with van der Waals surface area (Å²) >= 11 is 0.736. The van der Waals surface area contributed by atoms with Crippen LogP contribution in [0.25, 0.3) is 22.4 Å². The Balaban J connectivity index is 0.00000420. The molecule has 0 spiro atoms. The van der Waals surface area contributed by atoms with Gasteiger partial charge in [0.2, 0.25) is 0 Å². The minimum atomic E-state index is -2.87. The quantitative estimate of drug-likeness (QED) is 0.281. The highest BCUT2D eigenvalue weighted by Crippen LogP contribution is 2.36. The topological polar surface area (TPSA) is 136 Å². The number of aryl methyl sites for hydroxylation is 1. The fourth-order valence-electron chi connectivity index (χ4n) is 3.37. The molecule has 0 bridgehead atoms. The Labute approximate surface area is 222 Å². The van der Waals surface area contributed by atoms with Crippen molar-refractivity contribution >= 4 is 27.9 Å². The van der Waals surface area contributed by atoms with E-state index in [4.69, 9.17) is 15.9 Å². The first-order valence-electron chi connectivity index (χ1n) is 11.3. The van der Waals surface area contributed by atoms with Gasteiger partial charge in [0.25, 0.3) is 17.9 Å². The number of ether oxygens (including phenoxy) is 1. The number of thioether (sulfide) groups is 1. The second-order valence-corrected chi connectivity index (χ2v) is 9.35. The fourth-order valence-corrected chi connectivity index (χ4v) is 3.82. The number of rotatable bonds is 5. The molecule has 1 aliphatic rings. The van der Waals surface area contributed by atoms with Crippen LogP contribution in [0.2, 0.25) is 0 Å². The van der Waals surface area contributed by atoms with Crippen molar-refractivity contribution in [2.24, 2.45) is 23.7 Å². The van der Waals surface area contributed by atoms with E-state index in [1.807, 2.05) is 0 Å². The number of methoxy groups -OCH3 is 1. The molecule has 1 fully saturated rings. The summed E-state index contributed by atoms with van der Waals surface area (Å²) in [6, 6.07) is 5.62. The summed E-state index contributed by atoms with van der Waals surface area (Å²) < 4.78 is 33.7. The lowest BCUT2D eigenvalue weighted by Gasteiger charge is -2.14. The number of alkyl halides is 2. The largest absolute Gasteiger partial charge is 0.494 e. The van der Waals surface area contributed by atoms with E-state index in [-0.39, 0.29) is 39.6 Å². The molecule has 3 heterocycles. The molecular weight excluding hydrogens is 514 g/mol. The standard InChI is InChI=1S/C26H22F2N6O3S.H2/c1-34-8-7-15(9-23(34)35)19-10-16(17-11-20(24(27)28)32-13-21(17)37-2)18(12-31-19)25(36)33-26(30)38-22(29)6-5-14-3-4-14;/h7-14,24,29H,3-4H2,1-2H3,(H2,30,33,36);1H. The summed E-state index contributed by atoms with van der Waals surface area (Å²) in [5, 5.41) is 7.66. The number of amidine groups is 1. The molecular formula is C26H24F2N6O3S. The summed E-state index contributed by atoms with van der Waals surface area (Å²) in [6.45, 7) is 0. The van der Waals surface area contributed by atoms with Crippen molar-refractivity contribution in [3.8, 4) is 40.0 Å². The van der Waals surface area contributed by atoms with E-state index in [1.165, 1.54) is 30.0 Å². The fraction of sp³-hybridized carbons (Fsp3) is 0.231. The highest BCUT2D eigenvalue weighted by atomic mass is 32.2. The van der Waals surface area contributed by atoms with E-state index < -0.39 is 18.0 Å². The molecule has 3 aromatic rings. The highest BCUT2D eigenvalue weighted by molar-refractivity contribution is 8.26. The molecule has 0 atom stereocenters. The number of nitrogens with one attached hydrogen (secondary N) is 1. The maximum atomic E-state index is 13.5. The number of hydrogen-bond acceptors (Lipinski definition) is 7. The Morgan fingerprint density at radius 1 is 1.29 bits per heavy atom. The lowest BCUT2D eigenvalue weighted by molar-refractivity contribution is 0.100. The van der Waals surface area contributed by atoms with Gasteiger partial charge >= 0.3 is 0 Å². The van der Waals surface area contributed by atoms with Crippen molar-refractivity contribution in [1.29, 1.82) is 5.41 Å². The molecule has 1 aliphatic carbocycles. The van der Waals surface area contributed by atoms with Gasteiger partial charge in [-0.25, -0.2) is 8.78 Å². The number of nitrogens with two attached hydrogens (primary N) is 1. The minimum Gasteiger partial charge on any atom is -0.494 e. The molecule has 0 aromatic carbocycles. The molecule has 38 heavy (non-hydrogen) atoms. The third kappa shape index (κ3) is 6.30. The zero-order chi connectivity index (χ0) is 27.4. The van der Waals surface area contributed by atoms with Crippen LogP contribution in [-0.2, 0) is 7.05 Å². The van der Waals surface area contributed by atoms with Gasteiger partial charge in [0.15, 0.2) is 5.17 Å². The molecule has 0 unspecified atom stereocenters. The van der Waals surface area contributed by atoms with Crippen molar-refractivity contribution in [3.05, 3.63) is 64.5 Å². The van der Waals surface area contributed by atoms with Crippen molar-refractivity contribution in [3.63, 3.8) is 0 Å². The van der Waals surface area contributed by atoms with E-state index in [2.05, 4.69) is 26.8 Å². The number of amides is 1. The first kappa shape index (κ1) is 26.7. The first-order chi connectivity index (χ1) is 18.2. The average Bonchev–Trinajstić information content (AvgIpc) is 3.73. The summed E-state index contributed by atoms with van der Waals surface area (Å²) in [5.74, 6) is 5.22. The van der Waals surface area contributed by atoms with Crippen LogP contribution < -0.4 is 16.0 Å². The summed E-state index contributed by atoms with van der Waals surface area (Å²) in [4.78, 5) is 37.3. The van der Waals surface area contributed by atoms with Crippen LogP contribution in [0.4, 0.5) is 8.78 Å². The average molecular weight is 539 g/mol. The third-order valence-electron chi connectivity index (χ3n) is 5.54. The van der Waals surface area contributed by atoms with Gasteiger partial charge < -0.3 is 15.0 Å². The van der Waals surface area contributed by atoms with Crippen LogP contribution >= 0.6 is 11.8 Å². The number of halogens is 2. The third-order valence-corrected chi connectivity index (χ3v) is 6.15. The van der Waals surface area contributed by atoms with E-state index in [0.717, 1.165) is 36.9 Å². The van der Waals surface area contributed by atoms with Gasteiger partial charge in [-0.2, -0.15) is 4.99 Å². The van der Waals surface area contributed by atoms with Gasteiger partial charge in [0.1, 0.15) is 16.5 Å². The second-order valence-electron chi connectivity index (χ2n) is 8.32. The highest BCUT2D eigenvalue weighted by Gasteiger charge is 2.22. The van der Waals surface area contributed by atoms with Crippen LogP contribution in [0, 0.1) is 23.2 Å². The van der Waals surface area contributed by atoms with Crippen LogP contribution in [-0.4, -0.2) is 37.8 Å². The maximum absolute atomic E-state index is 13.5. The van der Waals surface area contributed by atoms with E-state index in [0.29, 0.717) is 17.2 Å². The molecule has 196 valence electrons. The lowest BCUT2D eigenvalue weighted by Crippen LogP contribution is -2.14. The Morgan fingerprint density at radius 2 is 2.05 bits per heavy atom. The lowest BCUT2D eigenvalue weighted by atomic mass is 9.98. The first-order valence-corrected chi connectivity index (χ1v) is 12.1. The zero-order valence-corrected chi connectivity index (χ0v) is 21.2. The van der Waals surface area contributed by atoms with Crippen LogP contribution in [0.1, 0.15) is 36.7 Å². The molecule has 0 saturated heterocycles. The van der Waals surface area contributed by atoms with Crippen molar-refractivity contribution in [2.45, 2.75) is 19.3 Å². The van der Waals surface area contributed by atoms with Crippen LogP contribution in [0.5, 0.6) is 5.75 Å². The maximum Gasteiger partial charge on any atom is 0.281 e. The second kappa shape index (κ2) is 11.4. The van der Waals surface area contributed by atoms with Gasteiger partial charge in [-0.05, 0) is 48.7 Å². The number of hydrogen-bond donors (Lipinski definition) is 2. The summed E-state index contributed by atoms with van der Waals surface area (Å²) in [7, 11) is 2.94. The van der Waals surface area contributed by atoms with Crippen LogP contribution in [0.15, 0.2) is 52.6 Å². The van der Waals surface area contributed by atoms with Gasteiger partial charge in [0.05, 0.1) is 24.6 Å². The number of pyridine rings is 3. The van der Waals surface area contributed by atoms with Crippen molar-refractivity contribution in [1.82, 2.24) is 14.5 Å². The van der Waals surface area contributed by atoms with Gasteiger partial charge in [-0.1, -0.05) is 5.92 Å². The molecule has 9 nitrogen and oxygen atoms in total. The Morgan fingerprint density at radius 3 is 2.71 bits per heavy atom. The summed E-state index contributed by atoms with van der Waals surface area (Å²) in [5.41, 5.74) is 6.12. The Hall–Kier alpha value is -4.37. The molecule has 1 amide bonds. The zero-order valence-electron chi connectivity index (χ0n) is 20.4. The van der Waals surface area contributed by atoms with E-state index >= 15 is 0 Å². The number of carbonyl (C=O) groups is 1.